The number of fused-ring (bicyclic) bond motifs is 1. The Morgan fingerprint density at radius 2 is 2.04 bits per heavy atom. The summed E-state index contributed by atoms with van der Waals surface area (Å²) in [5.74, 6) is 0.209. The van der Waals surface area contributed by atoms with Gasteiger partial charge in [-0.05, 0) is 31.4 Å². The summed E-state index contributed by atoms with van der Waals surface area (Å²) in [5.41, 5.74) is 1.79. The number of rotatable bonds is 7. The molecule has 1 aromatic carbocycles. The Morgan fingerprint density at radius 3 is 2.81 bits per heavy atom. The van der Waals surface area contributed by atoms with E-state index in [2.05, 4.69) is 27.6 Å². The normalized spacial score (nSPS) is 12.3. The lowest BCUT2D eigenvalue weighted by molar-refractivity contribution is -0.119. The van der Waals surface area contributed by atoms with Crippen LogP contribution in [0.2, 0.25) is 10.0 Å². The van der Waals surface area contributed by atoms with Gasteiger partial charge in [0, 0.05) is 12.2 Å². The van der Waals surface area contributed by atoms with Crippen LogP contribution < -0.4 is 5.32 Å². The number of aryl methyl sites for hydroxylation is 1. The van der Waals surface area contributed by atoms with Crippen molar-refractivity contribution >= 4 is 46.5 Å². The lowest BCUT2D eigenvalue weighted by Gasteiger charge is -2.13. The molecule has 0 radical (unpaired) electrons. The molecule has 1 amide bonds. The van der Waals surface area contributed by atoms with Crippen LogP contribution in [-0.4, -0.2) is 32.3 Å². The highest BCUT2D eigenvalue weighted by atomic mass is 35.5. The summed E-state index contributed by atoms with van der Waals surface area (Å²) in [5, 5.41) is 12.6. The highest BCUT2D eigenvalue weighted by molar-refractivity contribution is 7.99. The highest BCUT2D eigenvalue weighted by Gasteiger charge is 2.13. The summed E-state index contributed by atoms with van der Waals surface area (Å²) in [6.45, 7) is 2.01. The van der Waals surface area contributed by atoms with E-state index < -0.39 is 0 Å². The molecule has 5 nitrogen and oxygen atoms in total. The molecule has 0 bridgehead atoms. The summed E-state index contributed by atoms with van der Waals surface area (Å²) >= 11 is 13.4. The van der Waals surface area contributed by atoms with Crippen LogP contribution in [0.5, 0.6) is 0 Å². The number of amides is 1. The van der Waals surface area contributed by atoms with E-state index in [0.29, 0.717) is 20.8 Å². The van der Waals surface area contributed by atoms with Crippen molar-refractivity contribution in [2.45, 2.75) is 31.0 Å². The fraction of sp³-hybridized carbons (Fsp3) is 0.278. The predicted molar refractivity (Wildman–Crippen MR) is 106 cm³/mol. The summed E-state index contributed by atoms with van der Waals surface area (Å²) in [4.78, 5) is 12.2. The second kappa shape index (κ2) is 8.75. The van der Waals surface area contributed by atoms with Crippen molar-refractivity contribution < 1.29 is 4.79 Å². The molecule has 3 aromatic rings. The van der Waals surface area contributed by atoms with E-state index in [1.165, 1.54) is 17.3 Å². The van der Waals surface area contributed by atoms with Crippen LogP contribution in [0.1, 0.15) is 18.9 Å². The van der Waals surface area contributed by atoms with Crippen molar-refractivity contribution in [3.05, 3.63) is 58.2 Å². The van der Waals surface area contributed by atoms with Gasteiger partial charge in [-0.1, -0.05) is 65.3 Å². The quantitative estimate of drug-likeness (QED) is 0.593. The van der Waals surface area contributed by atoms with E-state index >= 15 is 0 Å². The van der Waals surface area contributed by atoms with Gasteiger partial charge in [-0.15, -0.1) is 10.2 Å². The molecule has 0 spiro atoms. The topological polar surface area (TPSA) is 59.3 Å². The first-order valence-electron chi connectivity index (χ1n) is 8.19. The number of nitrogens with one attached hydrogen (secondary N) is 1. The van der Waals surface area contributed by atoms with Crippen molar-refractivity contribution in [3.8, 4) is 0 Å². The predicted octanol–water partition coefficient (Wildman–Crippen LogP) is 4.27. The largest absolute Gasteiger partial charge is 0.353 e. The first kappa shape index (κ1) is 19.0. The fourth-order valence-electron chi connectivity index (χ4n) is 2.55. The molecule has 1 N–H and O–H groups in total. The number of hydrogen-bond acceptors (Lipinski definition) is 4. The Balaban J connectivity index is 1.51. The molecule has 3 rings (SSSR count). The lowest BCUT2D eigenvalue weighted by Crippen LogP contribution is -2.34. The maximum Gasteiger partial charge on any atom is 0.230 e. The molecule has 8 heteroatoms. The van der Waals surface area contributed by atoms with Gasteiger partial charge in [-0.3, -0.25) is 9.20 Å². The number of nitrogens with zero attached hydrogens (tertiary/aromatic N) is 3. The molecule has 0 saturated carbocycles. The van der Waals surface area contributed by atoms with E-state index in [1.54, 1.807) is 16.7 Å². The molecular weight excluding hydrogens is 391 g/mol. The SMILES string of the molecule is C[C@H](CCc1ccccc1)NC(=O)CSc1nnc2c(Cl)cc(Cl)cn12. The van der Waals surface area contributed by atoms with Gasteiger partial charge in [0.15, 0.2) is 10.8 Å². The Bertz CT molecular complexity index is 901. The first-order valence-corrected chi connectivity index (χ1v) is 9.93. The van der Waals surface area contributed by atoms with Gasteiger partial charge in [-0.2, -0.15) is 0 Å². The minimum atomic E-state index is -0.0413. The second-order valence-electron chi connectivity index (χ2n) is 5.96. The molecule has 26 heavy (non-hydrogen) atoms. The van der Waals surface area contributed by atoms with Crippen LogP contribution in [0.25, 0.3) is 5.65 Å². The van der Waals surface area contributed by atoms with Crippen LogP contribution in [0.15, 0.2) is 47.8 Å². The number of thioether (sulfide) groups is 1. The van der Waals surface area contributed by atoms with Crippen LogP contribution in [-0.2, 0) is 11.2 Å². The summed E-state index contributed by atoms with van der Waals surface area (Å²) in [6.07, 6.45) is 3.51. The van der Waals surface area contributed by atoms with E-state index in [-0.39, 0.29) is 17.7 Å². The third-order valence-electron chi connectivity index (χ3n) is 3.84. The number of halogens is 2. The van der Waals surface area contributed by atoms with Gasteiger partial charge in [0.05, 0.1) is 15.8 Å². The van der Waals surface area contributed by atoms with Crippen LogP contribution in [0.3, 0.4) is 0 Å². The van der Waals surface area contributed by atoms with E-state index in [9.17, 15) is 4.79 Å². The average Bonchev–Trinajstić information content (AvgIpc) is 3.02. The van der Waals surface area contributed by atoms with E-state index in [1.807, 2.05) is 25.1 Å². The number of carbonyl (C=O) groups excluding carboxylic acids is 1. The van der Waals surface area contributed by atoms with Crippen molar-refractivity contribution in [1.29, 1.82) is 0 Å². The molecule has 0 unspecified atom stereocenters. The zero-order valence-electron chi connectivity index (χ0n) is 14.2. The van der Waals surface area contributed by atoms with Gasteiger partial charge in [-0.25, -0.2) is 0 Å². The van der Waals surface area contributed by atoms with Gasteiger partial charge in [0.1, 0.15) is 0 Å². The minimum absolute atomic E-state index is 0.0413. The third-order valence-corrected chi connectivity index (χ3v) is 5.27. The Labute approximate surface area is 166 Å². The van der Waals surface area contributed by atoms with Crippen molar-refractivity contribution in [2.75, 3.05) is 5.75 Å². The molecule has 0 aliphatic heterocycles. The molecule has 0 aliphatic carbocycles. The third kappa shape index (κ3) is 4.90. The summed E-state index contributed by atoms with van der Waals surface area (Å²) in [7, 11) is 0. The second-order valence-corrected chi connectivity index (χ2v) is 7.75. The number of aromatic nitrogens is 3. The number of carbonyl (C=O) groups is 1. The number of pyridine rings is 1. The summed E-state index contributed by atoms with van der Waals surface area (Å²) in [6, 6.07) is 12.0. The zero-order valence-corrected chi connectivity index (χ0v) is 16.5. The van der Waals surface area contributed by atoms with Crippen molar-refractivity contribution in [3.63, 3.8) is 0 Å². The van der Waals surface area contributed by atoms with E-state index in [4.69, 9.17) is 23.2 Å². The number of hydrogen-bond donors (Lipinski definition) is 1. The molecule has 136 valence electrons. The average molecular weight is 409 g/mol. The Morgan fingerprint density at radius 1 is 1.27 bits per heavy atom. The standard InChI is InChI=1S/C18H18Cl2N4OS/c1-12(7-8-13-5-3-2-4-6-13)21-16(25)11-26-18-23-22-17-15(20)9-14(19)10-24(17)18/h2-6,9-10,12H,7-8,11H2,1H3,(H,21,25)/t12-/m1/s1. The summed E-state index contributed by atoms with van der Waals surface area (Å²) < 4.78 is 1.70. The lowest BCUT2D eigenvalue weighted by atomic mass is 10.1. The van der Waals surface area contributed by atoms with Crippen LogP contribution >= 0.6 is 35.0 Å². The number of benzene rings is 1. The first-order chi connectivity index (χ1) is 12.5. The zero-order chi connectivity index (χ0) is 18.5. The molecule has 0 fully saturated rings. The van der Waals surface area contributed by atoms with Crippen molar-refractivity contribution in [1.82, 2.24) is 19.9 Å². The van der Waals surface area contributed by atoms with Gasteiger partial charge < -0.3 is 5.32 Å². The van der Waals surface area contributed by atoms with Crippen LogP contribution in [0.4, 0.5) is 0 Å². The fourth-order valence-corrected chi connectivity index (χ4v) is 3.78. The maximum atomic E-state index is 12.2. The Kier molecular flexibility index (Phi) is 6.40. The monoisotopic (exact) mass is 408 g/mol. The molecule has 2 heterocycles. The smallest absolute Gasteiger partial charge is 0.230 e. The Hall–Kier alpha value is -1.76. The molecular formula is C18H18Cl2N4OS. The maximum absolute atomic E-state index is 12.2. The minimum Gasteiger partial charge on any atom is -0.353 e. The van der Waals surface area contributed by atoms with Crippen LogP contribution in [0, 0.1) is 0 Å². The van der Waals surface area contributed by atoms with Gasteiger partial charge >= 0.3 is 0 Å². The molecule has 1 atom stereocenters. The molecule has 0 aliphatic rings. The van der Waals surface area contributed by atoms with Gasteiger partial charge in [0.25, 0.3) is 0 Å². The highest BCUT2D eigenvalue weighted by Crippen LogP contribution is 2.25. The van der Waals surface area contributed by atoms with Gasteiger partial charge in [0.2, 0.25) is 5.91 Å². The van der Waals surface area contributed by atoms with E-state index in [0.717, 1.165) is 12.8 Å². The van der Waals surface area contributed by atoms with Crippen molar-refractivity contribution in [2.24, 2.45) is 0 Å². The molecule has 0 saturated heterocycles. The molecule has 2 aromatic heterocycles.